The quantitative estimate of drug-likeness (QED) is 0.392. The summed E-state index contributed by atoms with van der Waals surface area (Å²) in [6, 6.07) is 16.4. The van der Waals surface area contributed by atoms with Gasteiger partial charge in [-0.2, -0.15) is 5.10 Å². The molecule has 7 nitrogen and oxygen atoms in total. The average molecular weight is 464 g/mol. The molecular formula is C25H22ClN3O4. The molecule has 1 amide bonds. The molecule has 8 heteroatoms. The Hall–Kier alpha value is -3.71. The number of amides is 1. The number of carbonyl (C=O) groups is 1. The van der Waals surface area contributed by atoms with Crippen molar-refractivity contribution >= 4 is 17.5 Å². The highest BCUT2D eigenvalue weighted by Gasteiger charge is 2.42. The van der Waals surface area contributed by atoms with Crippen molar-refractivity contribution in [2.45, 2.75) is 19.5 Å². The van der Waals surface area contributed by atoms with Crippen molar-refractivity contribution < 1.29 is 18.7 Å². The van der Waals surface area contributed by atoms with Crippen LogP contribution < -0.4 is 9.47 Å². The van der Waals surface area contributed by atoms with Crippen molar-refractivity contribution in [3.63, 3.8) is 0 Å². The highest BCUT2D eigenvalue weighted by molar-refractivity contribution is 6.30. The van der Waals surface area contributed by atoms with E-state index in [0.29, 0.717) is 46.8 Å². The Morgan fingerprint density at radius 1 is 1.15 bits per heavy atom. The number of aromatic amines is 1. The third kappa shape index (κ3) is 3.74. The van der Waals surface area contributed by atoms with Crippen LogP contribution >= 0.6 is 11.6 Å². The van der Waals surface area contributed by atoms with E-state index in [-0.39, 0.29) is 5.91 Å². The molecule has 1 aliphatic heterocycles. The molecular weight excluding hydrogens is 442 g/mol. The van der Waals surface area contributed by atoms with Crippen LogP contribution in [0.5, 0.6) is 11.5 Å². The van der Waals surface area contributed by atoms with E-state index in [4.69, 9.17) is 25.5 Å². The second-order valence-corrected chi connectivity index (χ2v) is 8.06. The van der Waals surface area contributed by atoms with Gasteiger partial charge >= 0.3 is 0 Å². The number of nitrogens with one attached hydrogen (secondary N) is 1. The maximum absolute atomic E-state index is 13.5. The average Bonchev–Trinajstić information content (AvgIpc) is 3.55. The van der Waals surface area contributed by atoms with Gasteiger partial charge in [-0.25, -0.2) is 0 Å². The van der Waals surface area contributed by atoms with Gasteiger partial charge in [0.25, 0.3) is 5.91 Å². The Morgan fingerprint density at radius 2 is 1.97 bits per heavy atom. The van der Waals surface area contributed by atoms with Gasteiger partial charge in [0.05, 0.1) is 38.3 Å². The second-order valence-electron chi connectivity index (χ2n) is 7.63. The smallest absolute Gasteiger partial charge is 0.273 e. The van der Waals surface area contributed by atoms with Gasteiger partial charge in [-0.3, -0.25) is 9.89 Å². The summed E-state index contributed by atoms with van der Waals surface area (Å²) in [4.78, 5) is 15.2. The summed E-state index contributed by atoms with van der Waals surface area (Å²) in [5.74, 6) is 1.80. The molecule has 0 fully saturated rings. The number of halogens is 1. The summed E-state index contributed by atoms with van der Waals surface area (Å²) >= 11 is 6.09. The van der Waals surface area contributed by atoms with Gasteiger partial charge in [0, 0.05) is 16.1 Å². The normalized spacial score (nSPS) is 15.1. The highest BCUT2D eigenvalue weighted by atomic mass is 35.5. The molecule has 0 saturated heterocycles. The van der Waals surface area contributed by atoms with Gasteiger partial charge in [-0.1, -0.05) is 29.8 Å². The predicted molar refractivity (Wildman–Crippen MR) is 124 cm³/mol. The second kappa shape index (κ2) is 8.67. The van der Waals surface area contributed by atoms with Crippen LogP contribution in [0.1, 0.15) is 40.3 Å². The third-order valence-electron chi connectivity index (χ3n) is 5.69. The van der Waals surface area contributed by atoms with E-state index in [0.717, 1.165) is 16.7 Å². The lowest BCUT2D eigenvalue weighted by molar-refractivity contribution is 0.0716. The number of H-pyrrole nitrogens is 1. The number of ether oxygens (including phenoxy) is 2. The van der Waals surface area contributed by atoms with Gasteiger partial charge in [0.15, 0.2) is 11.5 Å². The number of nitrogens with zero attached hydrogens (tertiary/aromatic N) is 2. The maximum Gasteiger partial charge on any atom is 0.273 e. The molecule has 0 bridgehead atoms. The lowest BCUT2D eigenvalue weighted by Gasteiger charge is -2.26. The Balaban J connectivity index is 1.65. The summed E-state index contributed by atoms with van der Waals surface area (Å²) in [5.41, 5.74) is 3.72. The van der Waals surface area contributed by atoms with Gasteiger partial charge in [0.1, 0.15) is 11.5 Å². The number of hydrogen-bond acceptors (Lipinski definition) is 5. The van der Waals surface area contributed by atoms with Crippen LogP contribution in [-0.2, 0) is 6.54 Å². The maximum atomic E-state index is 13.5. The van der Waals surface area contributed by atoms with Crippen molar-refractivity contribution in [1.82, 2.24) is 15.1 Å². The van der Waals surface area contributed by atoms with Crippen molar-refractivity contribution in [3.8, 4) is 22.8 Å². The minimum atomic E-state index is -0.397. The number of rotatable bonds is 7. The fourth-order valence-corrected chi connectivity index (χ4v) is 4.36. The SMILES string of the molecule is CCOc1ccc(C2c3c(-c4ccc(Cl)cc4)n[nH]c3C(=O)N2Cc2ccco2)cc1OC. The first-order valence-corrected chi connectivity index (χ1v) is 11.0. The first kappa shape index (κ1) is 21.2. The predicted octanol–water partition coefficient (Wildman–Crippen LogP) is 5.48. The van der Waals surface area contributed by atoms with Gasteiger partial charge in [0.2, 0.25) is 0 Å². The summed E-state index contributed by atoms with van der Waals surface area (Å²) in [6.45, 7) is 2.76. The molecule has 33 heavy (non-hydrogen) atoms. The monoisotopic (exact) mass is 463 g/mol. The summed E-state index contributed by atoms with van der Waals surface area (Å²) in [6.07, 6.45) is 1.60. The fraction of sp³-hybridized carbons (Fsp3) is 0.200. The fourth-order valence-electron chi connectivity index (χ4n) is 4.23. The summed E-state index contributed by atoms with van der Waals surface area (Å²) in [7, 11) is 1.60. The van der Waals surface area contributed by atoms with Crippen LogP contribution in [-0.4, -0.2) is 34.7 Å². The minimum absolute atomic E-state index is 0.146. The molecule has 2 aromatic heterocycles. The number of hydrogen-bond donors (Lipinski definition) is 1. The van der Waals surface area contributed by atoms with Crippen LogP contribution in [0.15, 0.2) is 65.3 Å². The molecule has 0 spiro atoms. The van der Waals surface area contributed by atoms with Crippen LogP contribution in [0.25, 0.3) is 11.3 Å². The van der Waals surface area contributed by atoms with E-state index in [1.54, 1.807) is 18.3 Å². The van der Waals surface area contributed by atoms with Gasteiger partial charge in [-0.05, 0) is 48.9 Å². The van der Waals surface area contributed by atoms with E-state index >= 15 is 0 Å². The lowest BCUT2D eigenvalue weighted by Crippen LogP contribution is -2.29. The summed E-state index contributed by atoms with van der Waals surface area (Å²) < 4.78 is 16.8. The van der Waals surface area contributed by atoms with Crippen molar-refractivity contribution in [2.24, 2.45) is 0 Å². The molecule has 0 saturated carbocycles. The molecule has 3 heterocycles. The number of methoxy groups -OCH3 is 1. The number of furan rings is 1. The first-order valence-electron chi connectivity index (χ1n) is 10.6. The third-order valence-corrected chi connectivity index (χ3v) is 5.94. The standard InChI is InChI=1S/C25H22ClN3O4/c1-3-32-19-11-8-16(13-20(19)31-2)24-21-22(15-6-9-17(26)10-7-15)27-28-23(21)25(30)29(24)14-18-5-4-12-33-18/h4-13,24H,3,14H2,1-2H3,(H,27,28). The summed E-state index contributed by atoms with van der Waals surface area (Å²) in [5, 5.41) is 8.08. The molecule has 168 valence electrons. The zero-order chi connectivity index (χ0) is 22.9. The number of benzene rings is 2. The topological polar surface area (TPSA) is 80.6 Å². The molecule has 1 atom stereocenters. The van der Waals surface area contributed by atoms with Crippen molar-refractivity contribution in [1.29, 1.82) is 0 Å². The number of aromatic nitrogens is 2. The van der Waals surface area contributed by atoms with Gasteiger partial charge < -0.3 is 18.8 Å². The molecule has 0 radical (unpaired) electrons. The highest BCUT2D eigenvalue weighted by Crippen LogP contribution is 2.45. The molecule has 1 unspecified atom stereocenters. The van der Waals surface area contributed by atoms with E-state index in [1.165, 1.54) is 0 Å². The van der Waals surface area contributed by atoms with Crippen LogP contribution in [0, 0.1) is 0 Å². The molecule has 1 N–H and O–H groups in total. The zero-order valence-electron chi connectivity index (χ0n) is 18.2. The van der Waals surface area contributed by atoms with Crippen LogP contribution in [0.2, 0.25) is 5.02 Å². The molecule has 0 aliphatic carbocycles. The minimum Gasteiger partial charge on any atom is -0.493 e. The number of carbonyl (C=O) groups excluding carboxylic acids is 1. The molecule has 2 aromatic carbocycles. The lowest BCUT2D eigenvalue weighted by atomic mass is 9.95. The molecule has 4 aromatic rings. The Labute approximate surface area is 195 Å². The molecule has 5 rings (SSSR count). The number of fused-ring (bicyclic) bond motifs is 1. The Kier molecular flexibility index (Phi) is 5.56. The van der Waals surface area contributed by atoms with Crippen molar-refractivity contribution in [3.05, 3.63) is 88.5 Å². The van der Waals surface area contributed by atoms with E-state index in [9.17, 15) is 4.79 Å². The zero-order valence-corrected chi connectivity index (χ0v) is 18.9. The largest absolute Gasteiger partial charge is 0.493 e. The Bertz CT molecular complexity index is 1280. The first-order chi connectivity index (χ1) is 16.1. The Morgan fingerprint density at radius 3 is 2.67 bits per heavy atom. The van der Waals surface area contributed by atoms with Gasteiger partial charge in [-0.15, -0.1) is 0 Å². The van der Waals surface area contributed by atoms with E-state index in [1.807, 2.05) is 61.5 Å². The van der Waals surface area contributed by atoms with E-state index in [2.05, 4.69) is 10.2 Å². The van der Waals surface area contributed by atoms with Crippen LogP contribution in [0.4, 0.5) is 0 Å². The van der Waals surface area contributed by atoms with Crippen molar-refractivity contribution in [2.75, 3.05) is 13.7 Å². The molecule has 1 aliphatic rings. The van der Waals surface area contributed by atoms with Crippen LogP contribution in [0.3, 0.4) is 0 Å². The van der Waals surface area contributed by atoms with E-state index < -0.39 is 6.04 Å².